The zero-order chi connectivity index (χ0) is 20.6. The van der Waals surface area contributed by atoms with E-state index in [0.29, 0.717) is 0 Å². The maximum absolute atomic E-state index is 6.27. The molecular formula is C25H21N3OS. The van der Waals surface area contributed by atoms with Gasteiger partial charge in [0.2, 0.25) is 0 Å². The molecule has 0 radical (unpaired) electrons. The van der Waals surface area contributed by atoms with Gasteiger partial charge in [-0.3, -0.25) is 4.99 Å². The van der Waals surface area contributed by atoms with E-state index < -0.39 is 0 Å². The van der Waals surface area contributed by atoms with Crippen LogP contribution in [0.1, 0.15) is 19.4 Å². The number of benzene rings is 3. The van der Waals surface area contributed by atoms with Crippen molar-refractivity contribution in [1.82, 2.24) is 4.98 Å². The zero-order valence-electron chi connectivity index (χ0n) is 17.4. The van der Waals surface area contributed by atoms with Crippen molar-refractivity contribution in [3.8, 4) is 21.9 Å². The molecule has 2 aliphatic heterocycles. The second-order valence-electron chi connectivity index (χ2n) is 8.35. The number of nitrogens with zero attached hydrogens (tertiary/aromatic N) is 3. The summed E-state index contributed by atoms with van der Waals surface area (Å²) in [6, 6.07) is 18.9. The quantitative estimate of drug-likeness (QED) is 0.292. The summed E-state index contributed by atoms with van der Waals surface area (Å²) >= 11 is 1.87. The summed E-state index contributed by atoms with van der Waals surface area (Å²) in [4.78, 5) is 12.8. The predicted molar refractivity (Wildman–Crippen MR) is 124 cm³/mol. The minimum absolute atomic E-state index is 0.131. The zero-order valence-corrected chi connectivity index (χ0v) is 18.2. The van der Waals surface area contributed by atoms with Gasteiger partial charge in [0, 0.05) is 52.6 Å². The van der Waals surface area contributed by atoms with Crippen molar-refractivity contribution in [3.63, 3.8) is 0 Å². The molecule has 3 heterocycles. The fourth-order valence-electron chi connectivity index (χ4n) is 4.56. The molecule has 0 amide bonds. The second-order valence-corrected chi connectivity index (χ2v) is 9.40. The van der Waals surface area contributed by atoms with E-state index in [2.05, 4.69) is 67.2 Å². The first-order valence-electron chi connectivity index (χ1n) is 10.0. The molecule has 0 spiro atoms. The van der Waals surface area contributed by atoms with Gasteiger partial charge in [-0.05, 0) is 43.5 Å². The Morgan fingerprint density at radius 1 is 1.07 bits per heavy atom. The topological polar surface area (TPSA) is 41.6 Å². The van der Waals surface area contributed by atoms with Crippen LogP contribution in [0.4, 0.5) is 5.69 Å². The Morgan fingerprint density at radius 3 is 2.73 bits per heavy atom. The Morgan fingerprint density at radius 2 is 1.90 bits per heavy atom. The normalized spacial score (nSPS) is 15.7. The third-order valence-corrected chi connectivity index (χ3v) is 7.60. The number of rotatable bonds is 0. The van der Waals surface area contributed by atoms with Gasteiger partial charge in [-0.25, -0.2) is 4.98 Å². The highest BCUT2D eigenvalue weighted by atomic mass is 32.1. The van der Waals surface area contributed by atoms with E-state index in [1.54, 1.807) is 7.05 Å². The molecule has 3 aromatic rings. The SMILES string of the molecule is C/N=c1\ccc2nc3cc4c(cc3oc-2c1)N(C)C(C)(C)c1c-4sc2ccccc12. The van der Waals surface area contributed by atoms with Gasteiger partial charge in [0.05, 0.1) is 10.9 Å². The fourth-order valence-corrected chi connectivity index (χ4v) is 5.94. The first-order valence-corrected chi connectivity index (χ1v) is 10.9. The number of thiophene rings is 1. The highest BCUT2D eigenvalue weighted by Gasteiger charge is 2.38. The minimum Gasteiger partial charge on any atom is -0.453 e. The van der Waals surface area contributed by atoms with Crippen LogP contribution in [0.15, 0.2) is 64.0 Å². The molecule has 0 bridgehead atoms. The standard InChI is InChI=1S/C25H21N3OS/c1-25(2)23-15-7-5-6-8-22(15)30-24(23)16-12-18-21(13-19(16)28(25)4)29-20-11-14(26-3)9-10-17(20)27-18/h5-13H,1-4H3/b26-14+. The van der Waals surface area contributed by atoms with E-state index >= 15 is 0 Å². The lowest BCUT2D eigenvalue weighted by molar-refractivity contribution is 0.516. The largest absolute Gasteiger partial charge is 0.453 e. The highest BCUT2D eigenvalue weighted by Crippen LogP contribution is 2.54. The van der Waals surface area contributed by atoms with Crippen LogP contribution in [-0.4, -0.2) is 19.1 Å². The van der Waals surface area contributed by atoms with Crippen molar-refractivity contribution in [2.24, 2.45) is 4.99 Å². The molecule has 5 heteroatoms. The van der Waals surface area contributed by atoms with Crippen molar-refractivity contribution in [1.29, 1.82) is 0 Å². The summed E-state index contributed by atoms with van der Waals surface area (Å²) in [5.74, 6) is 0.755. The Balaban J connectivity index is 1.71. The van der Waals surface area contributed by atoms with Gasteiger partial charge in [-0.2, -0.15) is 0 Å². The van der Waals surface area contributed by atoms with Crippen LogP contribution in [0, 0.1) is 0 Å². The number of hydrogen-bond donors (Lipinski definition) is 0. The summed E-state index contributed by atoms with van der Waals surface area (Å²) in [5.41, 5.74) is 6.17. The van der Waals surface area contributed by atoms with E-state index in [1.807, 2.05) is 29.5 Å². The van der Waals surface area contributed by atoms with E-state index in [4.69, 9.17) is 9.40 Å². The summed E-state index contributed by atoms with van der Waals surface area (Å²) in [7, 11) is 3.95. The first-order chi connectivity index (χ1) is 14.5. The number of anilines is 1. The molecule has 0 saturated heterocycles. The molecule has 0 unspecified atom stereocenters. The third kappa shape index (κ3) is 2.27. The van der Waals surface area contributed by atoms with Crippen molar-refractivity contribution >= 4 is 38.2 Å². The molecule has 6 rings (SSSR count). The lowest BCUT2D eigenvalue weighted by Crippen LogP contribution is -2.41. The van der Waals surface area contributed by atoms with Crippen LogP contribution in [0.5, 0.6) is 0 Å². The van der Waals surface area contributed by atoms with Gasteiger partial charge in [-0.1, -0.05) is 18.2 Å². The van der Waals surface area contributed by atoms with Gasteiger partial charge >= 0.3 is 0 Å². The fraction of sp³-hybridized carbons (Fsp3) is 0.200. The minimum atomic E-state index is -0.131. The Bertz CT molecular complexity index is 1510. The van der Waals surface area contributed by atoms with E-state index in [-0.39, 0.29) is 5.54 Å². The molecule has 1 aliphatic carbocycles. The smallest absolute Gasteiger partial charge is 0.155 e. The summed E-state index contributed by atoms with van der Waals surface area (Å²) in [6.45, 7) is 4.59. The molecular weight excluding hydrogens is 390 g/mol. The van der Waals surface area contributed by atoms with Crippen molar-refractivity contribution < 1.29 is 4.42 Å². The van der Waals surface area contributed by atoms with Gasteiger partial charge in [0.25, 0.3) is 0 Å². The second kappa shape index (κ2) is 5.92. The van der Waals surface area contributed by atoms with Crippen molar-refractivity contribution in [3.05, 3.63) is 65.5 Å². The summed E-state index contributed by atoms with van der Waals surface area (Å²) < 4.78 is 7.60. The first kappa shape index (κ1) is 17.7. The molecule has 4 nitrogen and oxygen atoms in total. The molecule has 0 N–H and O–H groups in total. The number of aromatic nitrogens is 1. The Hall–Kier alpha value is -3.18. The van der Waals surface area contributed by atoms with Crippen LogP contribution >= 0.6 is 11.3 Å². The van der Waals surface area contributed by atoms with E-state index in [9.17, 15) is 0 Å². The van der Waals surface area contributed by atoms with Gasteiger partial charge in [0.1, 0.15) is 11.2 Å². The van der Waals surface area contributed by atoms with Crippen LogP contribution in [-0.2, 0) is 5.54 Å². The average molecular weight is 412 g/mol. The van der Waals surface area contributed by atoms with Gasteiger partial charge in [-0.15, -0.1) is 11.3 Å². The molecule has 148 valence electrons. The molecule has 0 fully saturated rings. The molecule has 0 saturated carbocycles. The molecule has 2 aromatic carbocycles. The molecule has 1 aromatic heterocycles. The monoisotopic (exact) mass is 411 g/mol. The average Bonchev–Trinajstić information content (AvgIpc) is 3.15. The Labute approximate surface area is 178 Å². The summed E-state index contributed by atoms with van der Waals surface area (Å²) in [6.07, 6.45) is 0. The Kier molecular flexibility index (Phi) is 3.49. The lowest BCUT2D eigenvalue weighted by Gasteiger charge is -2.43. The maximum atomic E-state index is 6.27. The summed E-state index contributed by atoms with van der Waals surface area (Å²) in [5, 5.41) is 2.23. The third-order valence-electron chi connectivity index (χ3n) is 6.39. The van der Waals surface area contributed by atoms with Gasteiger partial charge in [0.15, 0.2) is 11.3 Å². The van der Waals surface area contributed by atoms with Crippen LogP contribution in [0.2, 0.25) is 0 Å². The predicted octanol–water partition coefficient (Wildman–Crippen LogP) is 6.03. The van der Waals surface area contributed by atoms with E-state index in [0.717, 1.165) is 27.9 Å². The van der Waals surface area contributed by atoms with Crippen LogP contribution < -0.4 is 10.3 Å². The lowest BCUT2D eigenvalue weighted by atomic mass is 9.83. The van der Waals surface area contributed by atoms with Crippen molar-refractivity contribution in [2.75, 3.05) is 19.0 Å². The number of fused-ring (bicyclic) bond motifs is 7. The van der Waals surface area contributed by atoms with E-state index in [1.165, 1.54) is 31.8 Å². The molecule has 30 heavy (non-hydrogen) atoms. The van der Waals surface area contributed by atoms with Crippen LogP contribution in [0.3, 0.4) is 0 Å². The van der Waals surface area contributed by atoms with Crippen molar-refractivity contribution in [2.45, 2.75) is 19.4 Å². The molecule has 3 aliphatic rings. The molecule has 0 atom stereocenters. The highest BCUT2D eigenvalue weighted by molar-refractivity contribution is 7.22. The van der Waals surface area contributed by atoms with Crippen LogP contribution in [0.25, 0.3) is 43.1 Å². The number of hydrogen-bond acceptors (Lipinski definition) is 5. The maximum Gasteiger partial charge on any atom is 0.155 e. The van der Waals surface area contributed by atoms with Gasteiger partial charge < -0.3 is 9.32 Å².